The first kappa shape index (κ1) is 30.1. The highest BCUT2D eigenvalue weighted by Gasteiger charge is 2.63. The van der Waals surface area contributed by atoms with Crippen LogP contribution in [0.4, 0.5) is 11.4 Å². The van der Waals surface area contributed by atoms with Crippen LogP contribution in [0.5, 0.6) is 5.75 Å². The molecule has 0 radical (unpaired) electrons. The number of allylic oxidation sites excluding steroid dienone is 1. The van der Waals surface area contributed by atoms with Crippen molar-refractivity contribution in [2.24, 2.45) is 17.6 Å². The summed E-state index contributed by atoms with van der Waals surface area (Å²) in [6.07, 6.45) is -0.0108. The second kappa shape index (κ2) is 10.1. The lowest BCUT2D eigenvalue weighted by Crippen LogP contribution is -2.63. The molecule has 2 aromatic carbocycles. The van der Waals surface area contributed by atoms with Crippen LogP contribution >= 0.6 is 0 Å². The number of carbonyl (C=O) groups is 3. The van der Waals surface area contributed by atoms with Crippen LogP contribution in [0.1, 0.15) is 22.3 Å². The number of anilines is 2. The molecule has 3 aliphatic carbocycles. The van der Waals surface area contributed by atoms with E-state index < -0.39 is 73.8 Å². The number of fused-ring (bicyclic) bond motifs is 3. The molecule has 0 unspecified atom stereocenters. The first-order valence-electron chi connectivity index (χ1n) is 13.3. The number of hydrogen-bond acceptors (Lipinski definition) is 11. The first-order chi connectivity index (χ1) is 20.0. The highest BCUT2D eigenvalue weighted by molar-refractivity contribution is 7.92. The Kier molecular flexibility index (Phi) is 7.07. The zero-order chi connectivity index (χ0) is 31.8. The van der Waals surface area contributed by atoms with E-state index in [1.807, 2.05) is 0 Å². The molecule has 0 aromatic heterocycles. The number of aliphatic hydroxyl groups is 3. The van der Waals surface area contributed by atoms with Gasteiger partial charge in [0.25, 0.3) is 15.9 Å². The quantitative estimate of drug-likeness (QED) is 0.200. The van der Waals surface area contributed by atoms with Crippen LogP contribution in [0.2, 0.25) is 0 Å². The van der Waals surface area contributed by atoms with Gasteiger partial charge in [-0.1, -0.05) is 18.2 Å². The predicted molar refractivity (Wildman–Crippen MR) is 155 cm³/mol. The van der Waals surface area contributed by atoms with Gasteiger partial charge in [-0.05, 0) is 56.6 Å². The molecule has 43 heavy (non-hydrogen) atoms. The Hall–Kier alpha value is -4.40. The zero-order valence-corrected chi connectivity index (χ0v) is 24.6. The predicted octanol–water partition coefficient (Wildman–Crippen LogP) is 0.987. The Morgan fingerprint density at radius 1 is 1.07 bits per heavy atom. The van der Waals surface area contributed by atoms with Crippen molar-refractivity contribution in [3.05, 3.63) is 70.2 Å². The normalized spacial score (nSPS) is 25.3. The van der Waals surface area contributed by atoms with Crippen molar-refractivity contribution in [3.63, 3.8) is 0 Å². The number of nitrogens with two attached hydrogens (primary N) is 1. The molecular weight excluding hydrogens is 580 g/mol. The third-order valence-corrected chi connectivity index (χ3v) is 9.86. The van der Waals surface area contributed by atoms with Crippen LogP contribution < -0.4 is 15.4 Å². The minimum atomic E-state index is -4.19. The van der Waals surface area contributed by atoms with Gasteiger partial charge in [-0.25, -0.2) is 8.42 Å². The highest BCUT2D eigenvalue weighted by Crippen LogP contribution is 2.54. The van der Waals surface area contributed by atoms with Gasteiger partial charge in [0.1, 0.15) is 17.1 Å². The van der Waals surface area contributed by atoms with Gasteiger partial charge in [0.15, 0.2) is 17.1 Å². The number of amides is 1. The summed E-state index contributed by atoms with van der Waals surface area (Å²) >= 11 is 0. The monoisotopic (exact) mass is 612 g/mol. The Morgan fingerprint density at radius 3 is 2.26 bits per heavy atom. The van der Waals surface area contributed by atoms with Crippen molar-refractivity contribution in [1.82, 2.24) is 4.90 Å². The standard InChI is InChI=1S/C29H32N4O9S/c1-32(2)18-12-17(31-43(41,42)14-8-6-5-7-9-14)23(34)20-15(18)10-13-11-16-22(33(3)4)25(36)21(28(30)39)27(38)29(16,40)26(37)19(13)24(20)35/h5-9,12-13,16,22,31,34,36-37,40H,10-11H2,1-4H3,(H2,30,39)/t13-,16-,22-,29+/m0/s1. The van der Waals surface area contributed by atoms with Gasteiger partial charge in [-0.2, -0.15) is 0 Å². The van der Waals surface area contributed by atoms with Crippen molar-refractivity contribution < 1.29 is 43.2 Å². The van der Waals surface area contributed by atoms with E-state index >= 15 is 0 Å². The molecule has 0 heterocycles. The number of Topliss-reactive ketones (excluding diaryl/α,β-unsaturated/α-hetero) is 2. The molecule has 228 valence electrons. The van der Waals surface area contributed by atoms with Gasteiger partial charge in [-0.3, -0.25) is 24.0 Å². The number of phenols is 1. The SMILES string of the molecule is CN(C)c1cc(NS(=O)(=O)c2ccccc2)c(O)c2c1C[C@H]1C[C@H]3[C@H](N(C)C)C(O)=C(C(N)=O)C(=O)[C@]3(O)C(O)=C1C2=O. The van der Waals surface area contributed by atoms with Gasteiger partial charge in [0.05, 0.1) is 22.2 Å². The fraction of sp³-hybridized carbons (Fsp3) is 0.345. The number of nitrogens with one attached hydrogen (secondary N) is 1. The second-order valence-electron chi connectivity index (χ2n) is 11.4. The summed E-state index contributed by atoms with van der Waals surface area (Å²) in [5.74, 6) is -7.87. The van der Waals surface area contributed by atoms with E-state index in [2.05, 4.69) is 4.72 Å². The van der Waals surface area contributed by atoms with Crippen molar-refractivity contribution in [2.45, 2.75) is 29.4 Å². The van der Waals surface area contributed by atoms with Crippen LogP contribution in [-0.4, -0.2) is 91.1 Å². The number of aliphatic hydroxyl groups excluding tert-OH is 2. The second-order valence-corrected chi connectivity index (χ2v) is 13.1. The van der Waals surface area contributed by atoms with Crippen LogP contribution in [-0.2, 0) is 26.0 Å². The number of nitrogens with zero attached hydrogens (tertiary/aromatic N) is 2. The Labute approximate surface area is 247 Å². The summed E-state index contributed by atoms with van der Waals surface area (Å²) in [7, 11) is 2.26. The third kappa shape index (κ3) is 4.36. The molecule has 1 amide bonds. The molecule has 2 aromatic rings. The van der Waals surface area contributed by atoms with Gasteiger partial charge < -0.3 is 31.1 Å². The summed E-state index contributed by atoms with van der Waals surface area (Å²) in [6, 6.07) is 7.70. The molecule has 0 aliphatic heterocycles. The lowest BCUT2D eigenvalue weighted by atomic mass is 9.58. The molecule has 0 fully saturated rings. The van der Waals surface area contributed by atoms with E-state index in [9.17, 15) is 43.2 Å². The topological polar surface area (TPSA) is 211 Å². The fourth-order valence-corrected chi connectivity index (χ4v) is 7.66. The summed E-state index contributed by atoms with van der Waals surface area (Å²) in [6.45, 7) is 0. The number of likely N-dealkylation sites (N-methyl/N-ethyl adjacent to an activating group) is 1. The number of benzene rings is 2. The Morgan fingerprint density at radius 2 is 1.70 bits per heavy atom. The van der Waals surface area contributed by atoms with Crippen molar-refractivity contribution in [3.8, 4) is 5.75 Å². The molecule has 13 nitrogen and oxygen atoms in total. The molecule has 0 saturated carbocycles. The van der Waals surface area contributed by atoms with Crippen LogP contribution in [0.3, 0.4) is 0 Å². The number of primary amides is 1. The number of rotatable bonds is 6. The largest absolute Gasteiger partial charge is 0.510 e. The van der Waals surface area contributed by atoms with E-state index in [0.29, 0.717) is 11.3 Å². The fourth-order valence-electron chi connectivity index (χ4n) is 6.58. The first-order valence-corrected chi connectivity index (χ1v) is 14.8. The van der Waals surface area contributed by atoms with Gasteiger partial charge in [0.2, 0.25) is 5.78 Å². The van der Waals surface area contributed by atoms with Gasteiger partial charge in [-0.15, -0.1) is 0 Å². The van der Waals surface area contributed by atoms with Gasteiger partial charge >= 0.3 is 0 Å². The minimum absolute atomic E-state index is 0.0569. The molecule has 7 N–H and O–H groups in total. The van der Waals surface area contributed by atoms with Crippen molar-refractivity contribution >= 4 is 38.9 Å². The summed E-state index contributed by atoms with van der Waals surface area (Å²) in [4.78, 5) is 42.8. The minimum Gasteiger partial charge on any atom is -0.510 e. The maximum Gasteiger partial charge on any atom is 0.262 e. The van der Waals surface area contributed by atoms with E-state index in [4.69, 9.17) is 5.73 Å². The number of ketones is 2. The maximum absolute atomic E-state index is 14.1. The molecule has 0 saturated heterocycles. The maximum atomic E-state index is 14.1. The average Bonchev–Trinajstić information content (AvgIpc) is 2.92. The average molecular weight is 613 g/mol. The third-order valence-electron chi connectivity index (χ3n) is 8.48. The van der Waals surface area contributed by atoms with E-state index in [0.717, 1.165) is 0 Å². The lowest BCUT2D eigenvalue weighted by molar-refractivity contribution is -0.148. The smallest absolute Gasteiger partial charge is 0.262 e. The molecule has 14 heteroatoms. The van der Waals surface area contributed by atoms with E-state index in [-0.39, 0.29) is 34.6 Å². The zero-order valence-electron chi connectivity index (χ0n) is 23.8. The molecule has 0 bridgehead atoms. The summed E-state index contributed by atoms with van der Waals surface area (Å²) < 4.78 is 28.5. The molecular formula is C29H32N4O9S. The van der Waals surface area contributed by atoms with Crippen LogP contribution in [0.25, 0.3) is 0 Å². The molecule has 3 aliphatic rings. The van der Waals surface area contributed by atoms with Crippen LogP contribution in [0.15, 0.2) is 64.0 Å². The molecule has 5 rings (SSSR count). The molecule has 0 spiro atoms. The number of sulfonamides is 1. The number of aromatic hydroxyl groups is 1. The van der Waals surface area contributed by atoms with Crippen molar-refractivity contribution in [2.75, 3.05) is 37.8 Å². The highest BCUT2D eigenvalue weighted by atomic mass is 32.2. The molecule has 4 atom stereocenters. The van der Waals surface area contributed by atoms with E-state index in [1.54, 1.807) is 39.2 Å². The summed E-state index contributed by atoms with van der Waals surface area (Å²) in [5, 5.41) is 45.5. The van der Waals surface area contributed by atoms with Crippen molar-refractivity contribution in [1.29, 1.82) is 0 Å². The number of carbonyl (C=O) groups excluding carboxylic acids is 3. The number of hydrogen-bond donors (Lipinski definition) is 6. The lowest BCUT2D eigenvalue weighted by Gasteiger charge is -2.50. The number of phenolic OH excluding ortho intramolecular Hbond substituents is 1. The van der Waals surface area contributed by atoms with E-state index in [1.165, 1.54) is 35.2 Å². The van der Waals surface area contributed by atoms with Gasteiger partial charge in [0, 0.05) is 31.3 Å². The Balaban J connectivity index is 1.70. The summed E-state index contributed by atoms with van der Waals surface area (Å²) in [5.41, 5.74) is 1.52. The Bertz CT molecular complexity index is 1750. The van der Waals surface area contributed by atoms with Crippen LogP contribution in [0, 0.1) is 11.8 Å².